The molecule has 0 aromatic heterocycles. The topological polar surface area (TPSA) is 12.4 Å². The summed E-state index contributed by atoms with van der Waals surface area (Å²) in [6.07, 6.45) is -3.75. The second-order valence-electron chi connectivity index (χ2n) is 3.64. The van der Waals surface area contributed by atoms with Crippen LogP contribution in [0.4, 0.5) is 13.2 Å². The summed E-state index contributed by atoms with van der Waals surface area (Å²) in [5.41, 5.74) is 1.23. The van der Waals surface area contributed by atoms with Crippen molar-refractivity contribution in [3.05, 3.63) is 34.9 Å². The fourth-order valence-corrected chi connectivity index (χ4v) is 1.78. The molecule has 0 unspecified atom stereocenters. The minimum Gasteiger partial charge on any atom is -0.280 e. The largest absolute Gasteiger partial charge is 0.433 e. The number of halogens is 3. The molecule has 1 aliphatic rings. The number of nitrogens with zero attached hydrogens (tertiary/aromatic N) is 1. The first kappa shape index (κ1) is 10.2. The van der Waals surface area contributed by atoms with Crippen LogP contribution in [0.15, 0.2) is 23.2 Å². The maximum absolute atomic E-state index is 12.6. The number of alkyl halides is 3. The Hall–Kier alpha value is -1.32. The predicted molar refractivity (Wildman–Crippen MR) is 52.3 cm³/mol. The highest BCUT2D eigenvalue weighted by atomic mass is 19.4. The normalized spacial score (nSPS) is 15.9. The Morgan fingerprint density at radius 1 is 1.27 bits per heavy atom. The van der Waals surface area contributed by atoms with Crippen LogP contribution in [-0.2, 0) is 6.42 Å². The fraction of sp³-hybridized carbons (Fsp3) is 0.364. The average molecular weight is 213 g/mol. The third kappa shape index (κ3) is 1.89. The van der Waals surface area contributed by atoms with Gasteiger partial charge in [0.1, 0.15) is 5.71 Å². The molecule has 0 bridgehead atoms. The standard InChI is InChI=1S/C11H10F3N/c1-7-2-3-9-8(6-7)4-5-15-10(9)11(12,13)14/h2-3,6H,4-5H2,1H3. The molecule has 2 rings (SSSR count). The molecule has 0 saturated heterocycles. The van der Waals surface area contributed by atoms with E-state index in [2.05, 4.69) is 4.99 Å². The van der Waals surface area contributed by atoms with Gasteiger partial charge in [-0.1, -0.05) is 23.8 Å². The molecule has 0 N–H and O–H groups in total. The van der Waals surface area contributed by atoms with E-state index in [4.69, 9.17) is 0 Å². The number of benzene rings is 1. The second kappa shape index (κ2) is 3.36. The van der Waals surface area contributed by atoms with Crippen molar-refractivity contribution < 1.29 is 13.2 Å². The average Bonchev–Trinajstić information content (AvgIpc) is 2.15. The molecule has 1 nitrogen and oxygen atoms in total. The number of rotatable bonds is 0. The van der Waals surface area contributed by atoms with Gasteiger partial charge in [0, 0.05) is 12.1 Å². The Balaban J connectivity index is 2.52. The molecule has 1 aromatic carbocycles. The summed E-state index contributed by atoms with van der Waals surface area (Å²) in [5.74, 6) is 0. The van der Waals surface area contributed by atoms with E-state index in [9.17, 15) is 13.2 Å². The summed E-state index contributed by atoms with van der Waals surface area (Å²) in [5, 5.41) is 0. The van der Waals surface area contributed by atoms with E-state index < -0.39 is 11.9 Å². The number of aryl methyl sites for hydroxylation is 1. The van der Waals surface area contributed by atoms with E-state index in [1.54, 1.807) is 12.1 Å². The summed E-state index contributed by atoms with van der Waals surface area (Å²) >= 11 is 0. The van der Waals surface area contributed by atoms with Crippen molar-refractivity contribution in [2.75, 3.05) is 6.54 Å². The van der Waals surface area contributed by atoms with Crippen molar-refractivity contribution >= 4 is 5.71 Å². The maximum Gasteiger partial charge on any atom is 0.433 e. The molecule has 0 atom stereocenters. The van der Waals surface area contributed by atoms with E-state index in [1.165, 1.54) is 6.07 Å². The van der Waals surface area contributed by atoms with Gasteiger partial charge in [-0.15, -0.1) is 0 Å². The van der Waals surface area contributed by atoms with E-state index >= 15 is 0 Å². The molecule has 0 radical (unpaired) electrons. The summed E-state index contributed by atoms with van der Waals surface area (Å²) < 4.78 is 37.8. The van der Waals surface area contributed by atoms with E-state index in [0.717, 1.165) is 11.1 Å². The lowest BCUT2D eigenvalue weighted by Crippen LogP contribution is -2.28. The fourth-order valence-electron chi connectivity index (χ4n) is 1.78. The summed E-state index contributed by atoms with van der Waals surface area (Å²) in [4.78, 5) is 3.56. The molecule has 1 aromatic rings. The minimum atomic E-state index is -4.34. The highest BCUT2D eigenvalue weighted by molar-refractivity contribution is 6.06. The van der Waals surface area contributed by atoms with Gasteiger partial charge >= 0.3 is 6.18 Å². The first-order valence-electron chi connectivity index (χ1n) is 4.70. The van der Waals surface area contributed by atoms with Crippen LogP contribution in [0.25, 0.3) is 0 Å². The van der Waals surface area contributed by atoms with Gasteiger partial charge in [0.05, 0.1) is 0 Å². The Bertz CT molecular complexity index is 418. The number of aliphatic imine (C=N–C) groups is 1. The molecule has 4 heteroatoms. The van der Waals surface area contributed by atoms with Gasteiger partial charge in [0.2, 0.25) is 0 Å². The Labute approximate surface area is 85.6 Å². The van der Waals surface area contributed by atoms with Crippen molar-refractivity contribution in [1.29, 1.82) is 0 Å². The molecule has 0 amide bonds. The Kier molecular flexibility index (Phi) is 2.29. The minimum absolute atomic E-state index is 0.227. The third-order valence-corrected chi connectivity index (χ3v) is 2.44. The monoisotopic (exact) mass is 213 g/mol. The zero-order chi connectivity index (χ0) is 11.1. The molecular weight excluding hydrogens is 203 g/mol. The molecule has 0 aliphatic carbocycles. The van der Waals surface area contributed by atoms with Gasteiger partial charge in [-0.05, 0) is 18.9 Å². The first-order chi connectivity index (χ1) is 6.98. The summed E-state index contributed by atoms with van der Waals surface area (Å²) in [7, 11) is 0. The number of hydrogen-bond donors (Lipinski definition) is 0. The highest BCUT2D eigenvalue weighted by Crippen LogP contribution is 2.28. The van der Waals surface area contributed by atoms with Crippen molar-refractivity contribution in [1.82, 2.24) is 0 Å². The predicted octanol–water partition coefficient (Wildman–Crippen LogP) is 2.90. The smallest absolute Gasteiger partial charge is 0.280 e. The second-order valence-corrected chi connectivity index (χ2v) is 3.64. The van der Waals surface area contributed by atoms with Crippen molar-refractivity contribution in [2.24, 2.45) is 4.99 Å². The molecule has 0 spiro atoms. The molecule has 1 heterocycles. The quantitative estimate of drug-likeness (QED) is 0.628. The van der Waals surface area contributed by atoms with Crippen LogP contribution in [0.2, 0.25) is 0 Å². The lowest BCUT2D eigenvalue weighted by molar-refractivity contribution is -0.0584. The lowest BCUT2D eigenvalue weighted by atomic mass is 9.95. The first-order valence-corrected chi connectivity index (χ1v) is 4.70. The molecule has 0 fully saturated rings. The van der Waals surface area contributed by atoms with Gasteiger partial charge in [-0.2, -0.15) is 13.2 Å². The van der Waals surface area contributed by atoms with Gasteiger partial charge < -0.3 is 0 Å². The van der Waals surface area contributed by atoms with Gasteiger partial charge in [-0.3, -0.25) is 4.99 Å². The van der Waals surface area contributed by atoms with Crippen LogP contribution < -0.4 is 0 Å². The molecule has 80 valence electrons. The summed E-state index contributed by atoms with van der Waals surface area (Å²) in [6, 6.07) is 5.00. The van der Waals surface area contributed by atoms with Gasteiger partial charge in [-0.25, -0.2) is 0 Å². The van der Waals surface area contributed by atoms with Crippen molar-refractivity contribution in [3.8, 4) is 0 Å². The molecule has 0 saturated carbocycles. The Morgan fingerprint density at radius 3 is 2.67 bits per heavy atom. The van der Waals surface area contributed by atoms with E-state index in [1.807, 2.05) is 6.92 Å². The SMILES string of the molecule is Cc1ccc2c(c1)CCN=C2C(F)(F)F. The van der Waals surface area contributed by atoms with Gasteiger partial charge in [0.25, 0.3) is 0 Å². The molecule has 1 aliphatic heterocycles. The van der Waals surface area contributed by atoms with Gasteiger partial charge in [0.15, 0.2) is 0 Å². The van der Waals surface area contributed by atoms with Crippen LogP contribution >= 0.6 is 0 Å². The third-order valence-electron chi connectivity index (χ3n) is 2.44. The zero-order valence-corrected chi connectivity index (χ0v) is 8.23. The highest BCUT2D eigenvalue weighted by Gasteiger charge is 2.38. The Morgan fingerprint density at radius 2 is 2.00 bits per heavy atom. The number of hydrogen-bond acceptors (Lipinski definition) is 1. The molecule has 15 heavy (non-hydrogen) atoms. The van der Waals surface area contributed by atoms with E-state index in [-0.39, 0.29) is 12.1 Å². The maximum atomic E-state index is 12.6. The van der Waals surface area contributed by atoms with Crippen molar-refractivity contribution in [3.63, 3.8) is 0 Å². The summed E-state index contributed by atoms with van der Waals surface area (Å²) in [6.45, 7) is 2.10. The number of fused-ring (bicyclic) bond motifs is 1. The van der Waals surface area contributed by atoms with Crippen LogP contribution in [-0.4, -0.2) is 18.4 Å². The van der Waals surface area contributed by atoms with Crippen LogP contribution in [0, 0.1) is 6.92 Å². The lowest BCUT2D eigenvalue weighted by Gasteiger charge is -2.19. The van der Waals surface area contributed by atoms with Crippen LogP contribution in [0.1, 0.15) is 16.7 Å². The van der Waals surface area contributed by atoms with Crippen LogP contribution in [0.3, 0.4) is 0 Å². The zero-order valence-electron chi connectivity index (χ0n) is 8.23. The van der Waals surface area contributed by atoms with E-state index in [0.29, 0.717) is 6.42 Å². The van der Waals surface area contributed by atoms with Crippen molar-refractivity contribution in [2.45, 2.75) is 19.5 Å². The van der Waals surface area contributed by atoms with Crippen LogP contribution in [0.5, 0.6) is 0 Å². The molecular formula is C11H10F3N.